The summed E-state index contributed by atoms with van der Waals surface area (Å²) < 4.78 is 5.27. The van der Waals surface area contributed by atoms with Crippen LogP contribution in [0.1, 0.15) is 17.0 Å². The molecule has 142 valence electrons. The Bertz CT molecular complexity index is 1080. The number of rotatable bonds is 3. The first kappa shape index (κ1) is 18.6. The highest BCUT2D eigenvalue weighted by atomic mass is 16.3. The van der Waals surface area contributed by atoms with E-state index in [9.17, 15) is 15.8 Å². The largest absolute Gasteiger partial charge is 0.472 e. The molecule has 1 aliphatic carbocycles. The molecule has 0 saturated carbocycles. The first-order chi connectivity index (χ1) is 14.1. The van der Waals surface area contributed by atoms with E-state index in [1.807, 2.05) is 24.3 Å². The van der Waals surface area contributed by atoms with Crippen LogP contribution >= 0.6 is 0 Å². The van der Waals surface area contributed by atoms with Crippen molar-refractivity contribution in [1.82, 2.24) is 4.90 Å². The van der Waals surface area contributed by atoms with E-state index in [0.29, 0.717) is 13.1 Å². The van der Waals surface area contributed by atoms with Gasteiger partial charge in [0.05, 0.1) is 35.9 Å². The SMILES string of the molecule is N#CC1=C(N)C(C#N)(C#N)[C@H](c2ccoc2)[C@@H]2CN(Cc3ccccc3)CC=C12. The van der Waals surface area contributed by atoms with Crippen LogP contribution in [-0.4, -0.2) is 18.0 Å². The molecule has 29 heavy (non-hydrogen) atoms. The highest BCUT2D eigenvalue weighted by Gasteiger charge is 2.54. The Balaban J connectivity index is 1.82. The Labute approximate surface area is 169 Å². The van der Waals surface area contributed by atoms with Crippen LogP contribution < -0.4 is 5.73 Å². The molecule has 0 saturated heterocycles. The predicted molar refractivity (Wildman–Crippen MR) is 105 cm³/mol. The van der Waals surface area contributed by atoms with Gasteiger partial charge in [0.2, 0.25) is 0 Å². The molecular weight excluding hydrogens is 362 g/mol. The average molecular weight is 381 g/mol. The third-order valence-electron chi connectivity index (χ3n) is 5.89. The fourth-order valence-corrected chi connectivity index (χ4v) is 4.54. The normalized spacial score (nSPS) is 23.3. The Morgan fingerprint density at radius 1 is 1.14 bits per heavy atom. The molecule has 1 aromatic carbocycles. The number of furan rings is 1. The van der Waals surface area contributed by atoms with Crippen molar-refractivity contribution in [2.45, 2.75) is 12.5 Å². The Hall–Kier alpha value is -3.79. The summed E-state index contributed by atoms with van der Waals surface area (Å²) in [4.78, 5) is 2.26. The van der Waals surface area contributed by atoms with Crippen LogP contribution in [0, 0.1) is 45.3 Å². The highest BCUT2D eigenvalue weighted by molar-refractivity contribution is 5.59. The molecule has 1 aliphatic heterocycles. The number of hydrogen-bond acceptors (Lipinski definition) is 6. The lowest BCUT2D eigenvalue weighted by molar-refractivity contribution is 0.200. The number of fused-ring (bicyclic) bond motifs is 1. The minimum Gasteiger partial charge on any atom is -0.472 e. The lowest BCUT2D eigenvalue weighted by atomic mass is 9.58. The van der Waals surface area contributed by atoms with Crippen molar-refractivity contribution in [3.63, 3.8) is 0 Å². The lowest BCUT2D eigenvalue weighted by Gasteiger charge is -2.45. The quantitative estimate of drug-likeness (QED) is 0.873. The zero-order chi connectivity index (χ0) is 20.4. The Morgan fingerprint density at radius 3 is 2.52 bits per heavy atom. The number of hydrogen-bond donors (Lipinski definition) is 1. The van der Waals surface area contributed by atoms with Crippen LogP contribution in [0.25, 0.3) is 0 Å². The van der Waals surface area contributed by atoms with Gasteiger partial charge >= 0.3 is 0 Å². The van der Waals surface area contributed by atoms with Gasteiger partial charge in [0.15, 0.2) is 5.41 Å². The molecule has 2 aliphatic rings. The number of allylic oxidation sites excluding steroid dienone is 2. The van der Waals surface area contributed by atoms with Gasteiger partial charge in [-0.05, 0) is 22.8 Å². The molecule has 2 atom stereocenters. The molecule has 1 aromatic heterocycles. The molecular formula is C23H19N5O. The van der Waals surface area contributed by atoms with Crippen molar-refractivity contribution >= 4 is 0 Å². The van der Waals surface area contributed by atoms with Crippen LogP contribution in [0.2, 0.25) is 0 Å². The first-order valence-electron chi connectivity index (χ1n) is 9.36. The molecule has 6 heteroatoms. The lowest BCUT2D eigenvalue weighted by Crippen LogP contribution is -2.47. The van der Waals surface area contributed by atoms with E-state index in [0.717, 1.165) is 17.7 Å². The molecule has 2 N–H and O–H groups in total. The summed E-state index contributed by atoms with van der Waals surface area (Å²) in [5.41, 5.74) is 7.70. The Morgan fingerprint density at radius 2 is 1.90 bits per heavy atom. The van der Waals surface area contributed by atoms with Gasteiger partial charge in [-0.15, -0.1) is 0 Å². The third-order valence-corrected chi connectivity index (χ3v) is 5.89. The second kappa shape index (κ2) is 7.32. The molecule has 0 fully saturated rings. The average Bonchev–Trinajstić information content (AvgIpc) is 3.28. The van der Waals surface area contributed by atoms with Crippen molar-refractivity contribution < 1.29 is 4.42 Å². The van der Waals surface area contributed by atoms with Crippen LogP contribution in [0.15, 0.2) is 76.3 Å². The fourth-order valence-electron chi connectivity index (χ4n) is 4.54. The molecule has 2 heterocycles. The van der Waals surface area contributed by atoms with E-state index in [-0.39, 0.29) is 17.2 Å². The predicted octanol–water partition coefficient (Wildman–Crippen LogP) is 3.21. The van der Waals surface area contributed by atoms with Crippen molar-refractivity contribution in [1.29, 1.82) is 15.8 Å². The molecule has 0 amide bonds. The first-order valence-corrected chi connectivity index (χ1v) is 9.36. The van der Waals surface area contributed by atoms with E-state index in [4.69, 9.17) is 10.2 Å². The number of nitriles is 3. The second-order valence-electron chi connectivity index (χ2n) is 7.41. The van der Waals surface area contributed by atoms with E-state index in [2.05, 4.69) is 35.2 Å². The summed E-state index contributed by atoms with van der Waals surface area (Å²) in [6.07, 6.45) is 5.10. The topological polar surface area (TPSA) is 114 Å². The van der Waals surface area contributed by atoms with Gasteiger partial charge in [0.1, 0.15) is 6.07 Å². The van der Waals surface area contributed by atoms with Gasteiger partial charge in [-0.3, -0.25) is 4.90 Å². The molecule has 0 unspecified atom stereocenters. The maximum absolute atomic E-state index is 10.0. The van der Waals surface area contributed by atoms with Gasteiger partial charge in [-0.2, -0.15) is 15.8 Å². The molecule has 4 rings (SSSR count). The van der Waals surface area contributed by atoms with E-state index >= 15 is 0 Å². The van der Waals surface area contributed by atoms with Gasteiger partial charge in [-0.1, -0.05) is 36.4 Å². The molecule has 0 radical (unpaired) electrons. The molecule has 0 bridgehead atoms. The van der Waals surface area contributed by atoms with E-state index in [1.165, 1.54) is 11.8 Å². The van der Waals surface area contributed by atoms with Crippen LogP contribution in [0.3, 0.4) is 0 Å². The summed E-state index contributed by atoms with van der Waals surface area (Å²) in [6.45, 7) is 2.02. The smallest absolute Gasteiger partial charge is 0.191 e. The third kappa shape index (κ3) is 2.90. The minimum absolute atomic E-state index is 0.0372. The van der Waals surface area contributed by atoms with Gasteiger partial charge in [0, 0.05) is 31.5 Å². The second-order valence-corrected chi connectivity index (χ2v) is 7.41. The van der Waals surface area contributed by atoms with Crippen LogP contribution in [-0.2, 0) is 6.54 Å². The summed E-state index contributed by atoms with van der Waals surface area (Å²) in [6, 6.07) is 18.3. The number of nitrogens with zero attached hydrogens (tertiary/aromatic N) is 4. The van der Waals surface area contributed by atoms with Crippen LogP contribution in [0.5, 0.6) is 0 Å². The zero-order valence-electron chi connectivity index (χ0n) is 15.7. The molecule has 0 spiro atoms. The van der Waals surface area contributed by atoms with E-state index < -0.39 is 11.3 Å². The fraction of sp³-hybridized carbons (Fsp3) is 0.261. The van der Waals surface area contributed by atoms with Gasteiger partial charge < -0.3 is 10.2 Å². The Kier molecular flexibility index (Phi) is 4.69. The van der Waals surface area contributed by atoms with Crippen molar-refractivity contribution in [3.8, 4) is 18.2 Å². The maximum Gasteiger partial charge on any atom is 0.191 e. The summed E-state index contributed by atoms with van der Waals surface area (Å²) in [5.74, 6) is -0.732. The van der Waals surface area contributed by atoms with Crippen molar-refractivity contribution in [2.75, 3.05) is 13.1 Å². The van der Waals surface area contributed by atoms with Gasteiger partial charge in [-0.25, -0.2) is 0 Å². The molecule has 6 nitrogen and oxygen atoms in total. The highest BCUT2D eigenvalue weighted by Crippen LogP contribution is 2.54. The zero-order valence-corrected chi connectivity index (χ0v) is 15.7. The van der Waals surface area contributed by atoms with E-state index in [1.54, 1.807) is 12.3 Å². The van der Waals surface area contributed by atoms with Crippen molar-refractivity contribution in [2.24, 2.45) is 17.1 Å². The maximum atomic E-state index is 10.0. The van der Waals surface area contributed by atoms with Crippen molar-refractivity contribution in [3.05, 3.63) is 83.0 Å². The molecule has 2 aromatic rings. The number of benzene rings is 1. The van der Waals surface area contributed by atoms with Gasteiger partial charge in [0.25, 0.3) is 0 Å². The summed E-state index contributed by atoms with van der Waals surface area (Å²) in [7, 11) is 0. The standard InChI is InChI=1S/C23H19N5O/c24-10-19-18-6-8-28(11-16-4-2-1-3-5-16)12-20(18)21(17-7-9-29-13-17)23(14-25,15-26)22(19)27/h1-7,9,13,20-21H,8,11-12,27H2/t20-,21-/m1/s1. The van der Waals surface area contributed by atoms with Crippen LogP contribution in [0.4, 0.5) is 0 Å². The minimum atomic E-state index is -1.62. The number of nitrogens with two attached hydrogens (primary N) is 1. The summed E-state index contributed by atoms with van der Waals surface area (Å²) in [5, 5.41) is 29.8. The monoisotopic (exact) mass is 381 g/mol. The summed E-state index contributed by atoms with van der Waals surface area (Å²) >= 11 is 0.